The molecule has 0 N–H and O–H groups in total. The molecule has 160 valence electrons. The van der Waals surface area contributed by atoms with Gasteiger partial charge >= 0.3 is 0 Å². The summed E-state index contributed by atoms with van der Waals surface area (Å²) >= 11 is 0. The Hall–Kier alpha value is -3.10. The quantitative estimate of drug-likeness (QED) is 0.628. The fourth-order valence-corrected chi connectivity index (χ4v) is 5.43. The first-order valence-corrected chi connectivity index (χ1v) is 11.6. The number of sulfonamides is 1. The second-order valence-corrected chi connectivity index (χ2v) is 9.54. The van der Waals surface area contributed by atoms with Crippen LogP contribution in [0.25, 0.3) is 10.8 Å². The van der Waals surface area contributed by atoms with Crippen LogP contribution in [0.2, 0.25) is 0 Å². The number of carbonyl (C=O) groups is 1. The summed E-state index contributed by atoms with van der Waals surface area (Å²) in [6, 6.07) is 20.1. The number of hydrogen-bond donors (Lipinski definition) is 0. The first kappa shape index (κ1) is 19.8. The average Bonchev–Trinajstić information content (AvgIpc) is 2.83. The van der Waals surface area contributed by atoms with E-state index in [1.54, 1.807) is 29.2 Å². The third-order valence-corrected chi connectivity index (χ3v) is 7.59. The van der Waals surface area contributed by atoms with Crippen molar-refractivity contribution >= 4 is 26.7 Å². The van der Waals surface area contributed by atoms with Gasteiger partial charge in [0.2, 0.25) is 16.1 Å². The van der Waals surface area contributed by atoms with Crippen LogP contribution in [0.5, 0.6) is 11.5 Å². The van der Waals surface area contributed by atoms with Crippen molar-refractivity contribution < 1.29 is 22.7 Å². The molecule has 0 saturated carbocycles. The topological polar surface area (TPSA) is 76.2 Å². The molecule has 1 amide bonds. The van der Waals surface area contributed by atoms with Crippen molar-refractivity contribution in [1.82, 2.24) is 9.21 Å². The van der Waals surface area contributed by atoms with Crippen molar-refractivity contribution in [1.29, 1.82) is 0 Å². The first-order valence-electron chi connectivity index (χ1n) is 10.2. The number of rotatable bonds is 3. The summed E-state index contributed by atoms with van der Waals surface area (Å²) in [5, 5.41) is 1.88. The Morgan fingerprint density at radius 1 is 0.839 bits per heavy atom. The molecule has 0 spiro atoms. The van der Waals surface area contributed by atoms with Gasteiger partial charge in [-0.15, -0.1) is 0 Å². The van der Waals surface area contributed by atoms with E-state index in [0.717, 1.165) is 10.8 Å². The lowest BCUT2D eigenvalue weighted by Gasteiger charge is -2.36. The minimum atomic E-state index is -3.63. The molecule has 31 heavy (non-hydrogen) atoms. The maximum Gasteiger partial charge on any atom is 0.267 e. The molecule has 0 bridgehead atoms. The fraction of sp³-hybridized carbons (Fsp3) is 0.261. The molecule has 0 unspecified atom stereocenters. The van der Waals surface area contributed by atoms with Crippen LogP contribution in [0.1, 0.15) is 0 Å². The minimum absolute atomic E-state index is 0.144. The molecule has 1 fully saturated rings. The van der Waals surface area contributed by atoms with Gasteiger partial charge in [-0.1, -0.05) is 42.5 Å². The third-order valence-electron chi connectivity index (χ3n) is 5.69. The SMILES string of the molecule is O=C([C@H]1COc2ccccc2O1)N1CCN(S(=O)(=O)c2ccc3ccccc3c2)CC1. The zero-order valence-corrected chi connectivity index (χ0v) is 17.6. The molecule has 3 aromatic carbocycles. The van der Waals surface area contributed by atoms with E-state index in [4.69, 9.17) is 9.47 Å². The number of ether oxygens (including phenoxy) is 2. The number of amides is 1. The zero-order valence-electron chi connectivity index (χ0n) is 16.8. The Balaban J connectivity index is 1.26. The van der Waals surface area contributed by atoms with E-state index in [-0.39, 0.29) is 30.5 Å². The van der Waals surface area contributed by atoms with Gasteiger partial charge in [-0.3, -0.25) is 4.79 Å². The molecule has 0 aliphatic carbocycles. The highest BCUT2D eigenvalue weighted by Crippen LogP contribution is 2.31. The van der Waals surface area contributed by atoms with Gasteiger partial charge in [-0.2, -0.15) is 4.31 Å². The predicted octanol–water partition coefficient (Wildman–Crippen LogP) is 2.51. The second kappa shape index (κ2) is 7.86. The summed E-state index contributed by atoms with van der Waals surface area (Å²) in [4.78, 5) is 14.8. The van der Waals surface area contributed by atoms with E-state index >= 15 is 0 Å². The Bertz CT molecular complexity index is 1240. The molecule has 2 aliphatic rings. The number of hydrogen-bond acceptors (Lipinski definition) is 5. The van der Waals surface area contributed by atoms with Crippen LogP contribution in [0.4, 0.5) is 0 Å². The lowest BCUT2D eigenvalue weighted by atomic mass is 10.1. The van der Waals surface area contributed by atoms with E-state index in [1.807, 2.05) is 42.5 Å². The molecule has 0 radical (unpaired) electrons. The van der Waals surface area contributed by atoms with E-state index in [1.165, 1.54) is 4.31 Å². The van der Waals surface area contributed by atoms with Crippen molar-refractivity contribution in [3.05, 3.63) is 66.7 Å². The van der Waals surface area contributed by atoms with Crippen LogP contribution in [0, 0.1) is 0 Å². The van der Waals surface area contributed by atoms with Crippen LogP contribution in [-0.2, 0) is 14.8 Å². The predicted molar refractivity (Wildman–Crippen MR) is 116 cm³/mol. The summed E-state index contributed by atoms with van der Waals surface area (Å²) in [7, 11) is -3.63. The summed E-state index contributed by atoms with van der Waals surface area (Å²) in [6.45, 7) is 1.25. The van der Waals surface area contributed by atoms with Gasteiger partial charge in [0, 0.05) is 26.2 Å². The van der Waals surface area contributed by atoms with Crippen molar-refractivity contribution in [2.75, 3.05) is 32.8 Å². The highest BCUT2D eigenvalue weighted by atomic mass is 32.2. The number of carbonyl (C=O) groups excluding carboxylic acids is 1. The summed E-state index contributed by atoms with van der Waals surface area (Å²) in [5.41, 5.74) is 0. The minimum Gasteiger partial charge on any atom is -0.485 e. The third kappa shape index (κ3) is 3.73. The summed E-state index contributed by atoms with van der Waals surface area (Å²) < 4.78 is 39.1. The summed E-state index contributed by atoms with van der Waals surface area (Å²) in [6.07, 6.45) is -0.724. The van der Waals surface area contributed by atoms with Crippen LogP contribution in [-0.4, -0.2) is 62.4 Å². The van der Waals surface area contributed by atoms with E-state index in [2.05, 4.69) is 0 Å². The molecule has 0 aromatic heterocycles. The Labute approximate surface area is 180 Å². The maximum absolute atomic E-state index is 13.1. The van der Waals surface area contributed by atoms with Crippen LogP contribution >= 0.6 is 0 Å². The Morgan fingerprint density at radius 3 is 2.29 bits per heavy atom. The Kier molecular flexibility index (Phi) is 5.03. The van der Waals surface area contributed by atoms with Gasteiger partial charge in [0.25, 0.3) is 5.91 Å². The zero-order chi connectivity index (χ0) is 21.4. The average molecular weight is 439 g/mol. The van der Waals surface area contributed by atoms with E-state index < -0.39 is 16.1 Å². The van der Waals surface area contributed by atoms with Crippen molar-refractivity contribution in [3.63, 3.8) is 0 Å². The molecule has 2 aliphatic heterocycles. The number of piperazine rings is 1. The van der Waals surface area contributed by atoms with Gasteiger partial charge in [-0.05, 0) is 35.0 Å². The smallest absolute Gasteiger partial charge is 0.267 e. The number of fused-ring (bicyclic) bond motifs is 2. The molecule has 8 heteroatoms. The highest BCUT2D eigenvalue weighted by Gasteiger charge is 2.35. The van der Waals surface area contributed by atoms with Crippen molar-refractivity contribution in [3.8, 4) is 11.5 Å². The summed E-state index contributed by atoms with van der Waals surface area (Å²) in [5.74, 6) is 0.986. The lowest BCUT2D eigenvalue weighted by molar-refractivity contribution is -0.142. The molecule has 1 atom stereocenters. The second-order valence-electron chi connectivity index (χ2n) is 7.60. The fourth-order valence-electron chi connectivity index (χ4n) is 3.97. The molecule has 5 rings (SSSR count). The van der Waals surface area contributed by atoms with Gasteiger partial charge in [-0.25, -0.2) is 8.42 Å². The molecular formula is C23H22N2O5S. The van der Waals surface area contributed by atoms with Crippen LogP contribution in [0.3, 0.4) is 0 Å². The lowest BCUT2D eigenvalue weighted by Crippen LogP contribution is -2.55. The van der Waals surface area contributed by atoms with Gasteiger partial charge < -0.3 is 14.4 Å². The standard InChI is InChI=1S/C23H22N2O5S/c26-23(22-16-29-20-7-3-4-8-21(20)30-22)24-11-13-25(14-12-24)31(27,28)19-10-9-17-5-1-2-6-18(17)15-19/h1-10,15,22H,11-14,16H2/t22-/m1/s1. The van der Waals surface area contributed by atoms with E-state index in [0.29, 0.717) is 24.6 Å². The maximum atomic E-state index is 13.1. The van der Waals surface area contributed by atoms with Gasteiger partial charge in [0.1, 0.15) is 6.61 Å². The van der Waals surface area contributed by atoms with Gasteiger partial charge in [0.05, 0.1) is 4.90 Å². The van der Waals surface area contributed by atoms with Gasteiger partial charge in [0.15, 0.2) is 11.5 Å². The molecule has 7 nitrogen and oxygen atoms in total. The normalized spacial score (nSPS) is 19.4. The van der Waals surface area contributed by atoms with Crippen molar-refractivity contribution in [2.45, 2.75) is 11.0 Å². The first-order chi connectivity index (χ1) is 15.0. The van der Waals surface area contributed by atoms with E-state index in [9.17, 15) is 13.2 Å². The number of benzene rings is 3. The number of para-hydroxylation sites is 2. The molecule has 3 aromatic rings. The van der Waals surface area contributed by atoms with Crippen LogP contribution < -0.4 is 9.47 Å². The molecule has 2 heterocycles. The van der Waals surface area contributed by atoms with Crippen LogP contribution in [0.15, 0.2) is 71.6 Å². The highest BCUT2D eigenvalue weighted by molar-refractivity contribution is 7.89. The molecular weight excluding hydrogens is 416 g/mol. The van der Waals surface area contributed by atoms with Crippen molar-refractivity contribution in [2.24, 2.45) is 0 Å². The monoisotopic (exact) mass is 438 g/mol. The Morgan fingerprint density at radius 2 is 1.52 bits per heavy atom. The molecule has 1 saturated heterocycles. The number of nitrogens with zero attached hydrogens (tertiary/aromatic N) is 2. The largest absolute Gasteiger partial charge is 0.485 e.